The Labute approximate surface area is 188 Å². The van der Waals surface area contributed by atoms with Crippen LogP contribution in [0.4, 0.5) is 24.5 Å². The van der Waals surface area contributed by atoms with Crippen LogP contribution in [0, 0.1) is 0 Å². The van der Waals surface area contributed by atoms with E-state index in [4.69, 9.17) is 4.74 Å². The third kappa shape index (κ3) is 4.45. The second-order valence-corrected chi connectivity index (χ2v) is 7.86. The molecule has 0 unspecified atom stereocenters. The zero-order chi connectivity index (χ0) is 23.8. The van der Waals surface area contributed by atoms with Gasteiger partial charge in [0.05, 0.1) is 30.0 Å². The van der Waals surface area contributed by atoms with Gasteiger partial charge in [-0.3, -0.25) is 9.59 Å². The maximum absolute atomic E-state index is 13.1. The molecule has 33 heavy (non-hydrogen) atoms. The SMILES string of the molecule is CCn1c(=O)cc(N2CCOCC2)c2cc(N(C)C(=O)c3cccc(C(F)(F)F)c3)ccc21. The number of rotatable bonds is 4. The highest BCUT2D eigenvalue weighted by Gasteiger charge is 2.31. The molecule has 174 valence electrons. The number of hydrogen-bond acceptors (Lipinski definition) is 4. The van der Waals surface area contributed by atoms with Crippen molar-refractivity contribution >= 4 is 28.2 Å². The van der Waals surface area contributed by atoms with Gasteiger partial charge in [-0.2, -0.15) is 13.2 Å². The minimum Gasteiger partial charge on any atom is -0.378 e. The molecule has 6 nitrogen and oxygen atoms in total. The van der Waals surface area contributed by atoms with Gasteiger partial charge in [0.2, 0.25) is 0 Å². The lowest BCUT2D eigenvalue weighted by molar-refractivity contribution is -0.137. The van der Waals surface area contributed by atoms with Gasteiger partial charge in [0.15, 0.2) is 0 Å². The molecular formula is C24H24F3N3O3. The molecule has 0 atom stereocenters. The van der Waals surface area contributed by atoms with Crippen molar-refractivity contribution in [1.29, 1.82) is 0 Å². The zero-order valence-electron chi connectivity index (χ0n) is 18.4. The Bertz CT molecular complexity index is 1250. The topological polar surface area (TPSA) is 54.8 Å². The third-order valence-electron chi connectivity index (χ3n) is 5.87. The highest BCUT2D eigenvalue weighted by molar-refractivity contribution is 6.07. The number of ether oxygens (including phenoxy) is 1. The summed E-state index contributed by atoms with van der Waals surface area (Å²) in [7, 11) is 1.52. The van der Waals surface area contributed by atoms with Crippen LogP contribution in [0.25, 0.3) is 10.9 Å². The summed E-state index contributed by atoms with van der Waals surface area (Å²) in [5.74, 6) is -0.558. The van der Waals surface area contributed by atoms with Crippen LogP contribution in [0.15, 0.2) is 53.3 Å². The van der Waals surface area contributed by atoms with Gasteiger partial charge in [-0.1, -0.05) is 6.07 Å². The molecular weight excluding hydrogens is 435 g/mol. The predicted molar refractivity (Wildman–Crippen MR) is 121 cm³/mol. The fourth-order valence-electron chi connectivity index (χ4n) is 4.10. The molecule has 1 aliphatic rings. The fourth-order valence-corrected chi connectivity index (χ4v) is 4.10. The van der Waals surface area contributed by atoms with Gasteiger partial charge >= 0.3 is 6.18 Å². The smallest absolute Gasteiger partial charge is 0.378 e. The molecule has 1 aromatic heterocycles. The van der Waals surface area contributed by atoms with E-state index in [1.54, 1.807) is 28.8 Å². The van der Waals surface area contributed by atoms with Crippen molar-refractivity contribution in [3.05, 3.63) is 70.0 Å². The molecule has 4 rings (SSSR count). The molecule has 0 bridgehead atoms. The second kappa shape index (κ2) is 8.90. The van der Waals surface area contributed by atoms with Crippen molar-refractivity contribution in [3.63, 3.8) is 0 Å². The number of hydrogen-bond donors (Lipinski definition) is 0. The molecule has 0 aliphatic carbocycles. The van der Waals surface area contributed by atoms with Crippen molar-refractivity contribution < 1.29 is 22.7 Å². The Morgan fingerprint density at radius 3 is 2.48 bits per heavy atom. The van der Waals surface area contributed by atoms with E-state index in [-0.39, 0.29) is 11.1 Å². The average molecular weight is 459 g/mol. The van der Waals surface area contributed by atoms with E-state index < -0.39 is 17.6 Å². The van der Waals surface area contributed by atoms with Crippen molar-refractivity contribution in [2.75, 3.05) is 43.2 Å². The molecule has 0 spiro atoms. The summed E-state index contributed by atoms with van der Waals surface area (Å²) >= 11 is 0. The predicted octanol–water partition coefficient (Wildman–Crippen LogP) is 4.15. The highest BCUT2D eigenvalue weighted by Crippen LogP contribution is 2.32. The minimum absolute atomic E-state index is 0.0562. The molecule has 9 heteroatoms. The maximum atomic E-state index is 13.1. The molecule has 0 saturated carbocycles. The summed E-state index contributed by atoms with van der Waals surface area (Å²) in [5.41, 5.74) is 0.953. The lowest BCUT2D eigenvalue weighted by Crippen LogP contribution is -2.37. The lowest BCUT2D eigenvalue weighted by atomic mass is 10.1. The lowest BCUT2D eigenvalue weighted by Gasteiger charge is -2.30. The summed E-state index contributed by atoms with van der Waals surface area (Å²) in [6.45, 7) is 4.73. The molecule has 0 radical (unpaired) electrons. The average Bonchev–Trinajstić information content (AvgIpc) is 2.82. The monoisotopic (exact) mass is 459 g/mol. The maximum Gasteiger partial charge on any atom is 0.416 e. The number of halogens is 3. The quantitative estimate of drug-likeness (QED) is 0.588. The van der Waals surface area contributed by atoms with E-state index in [1.807, 2.05) is 6.92 Å². The van der Waals surface area contributed by atoms with Crippen molar-refractivity contribution in [2.45, 2.75) is 19.6 Å². The third-order valence-corrected chi connectivity index (χ3v) is 5.87. The van der Waals surface area contributed by atoms with Crippen LogP contribution in [-0.4, -0.2) is 43.8 Å². The number of nitrogens with zero attached hydrogens (tertiary/aromatic N) is 3. The van der Waals surface area contributed by atoms with Crippen LogP contribution in [0.1, 0.15) is 22.8 Å². The molecule has 1 amide bonds. The van der Waals surface area contributed by atoms with Crippen molar-refractivity contribution in [3.8, 4) is 0 Å². The number of carbonyl (C=O) groups excluding carboxylic acids is 1. The number of aryl methyl sites for hydroxylation is 1. The van der Waals surface area contributed by atoms with Crippen LogP contribution < -0.4 is 15.4 Å². The van der Waals surface area contributed by atoms with E-state index >= 15 is 0 Å². The van der Waals surface area contributed by atoms with E-state index in [2.05, 4.69) is 4.90 Å². The van der Waals surface area contributed by atoms with Gasteiger partial charge in [-0.05, 0) is 43.3 Å². The molecule has 2 aromatic carbocycles. The van der Waals surface area contributed by atoms with Gasteiger partial charge in [-0.15, -0.1) is 0 Å². The number of alkyl halides is 3. The summed E-state index contributed by atoms with van der Waals surface area (Å²) in [5, 5.41) is 0.791. The molecule has 2 heterocycles. The fraction of sp³-hybridized carbons (Fsp3) is 0.333. The molecule has 3 aromatic rings. The van der Waals surface area contributed by atoms with Gasteiger partial charge in [0.1, 0.15) is 0 Å². The molecule has 1 fully saturated rings. The van der Waals surface area contributed by atoms with Crippen LogP contribution in [-0.2, 0) is 17.5 Å². The number of pyridine rings is 1. The van der Waals surface area contributed by atoms with E-state index in [1.165, 1.54) is 24.1 Å². The first kappa shape index (κ1) is 22.8. The Kier molecular flexibility index (Phi) is 6.16. The number of anilines is 2. The molecule has 1 aliphatic heterocycles. The van der Waals surface area contributed by atoms with Crippen molar-refractivity contribution in [2.24, 2.45) is 0 Å². The van der Waals surface area contributed by atoms with Gasteiger partial charge in [-0.25, -0.2) is 0 Å². The first-order valence-electron chi connectivity index (χ1n) is 10.7. The Balaban J connectivity index is 1.77. The Morgan fingerprint density at radius 1 is 1.09 bits per heavy atom. The highest BCUT2D eigenvalue weighted by atomic mass is 19.4. The first-order chi connectivity index (χ1) is 15.7. The van der Waals surface area contributed by atoms with Gasteiger partial charge in [0, 0.05) is 49.4 Å². The number of fused-ring (bicyclic) bond motifs is 1. The minimum atomic E-state index is -4.53. The standard InChI is InChI=1S/C24H24F3N3O3/c1-3-30-20-8-7-18(14-19(20)21(15-22(30)31)29-9-11-33-12-10-29)28(2)23(32)16-5-4-6-17(13-16)24(25,26)27/h4-8,13-15H,3,9-12H2,1-2H3. The number of carbonyl (C=O) groups is 1. The van der Waals surface area contributed by atoms with E-state index in [0.29, 0.717) is 38.5 Å². The largest absolute Gasteiger partial charge is 0.416 e. The summed E-state index contributed by atoms with van der Waals surface area (Å²) < 4.78 is 46.3. The molecule has 0 N–H and O–H groups in total. The summed E-state index contributed by atoms with van der Waals surface area (Å²) in [6, 6.07) is 11.2. The van der Waals surface area contributed by atoms with Crippen LogP contribution >= 0.6 is 0 Å². The summed E-state index contributed by atoms with van der Waals surface area (Å²) in [6.07, 6.45) is -4.53. The molecule has 1 saturated heterocycles. The number of benzene rings is 2. The summed E-state index contributed by atoms with van der Waals surface area (Å²) in [4.78, 5) is 29.1. The van der Waals surface area contributed by atoms with E-state index in [0.717, 1.165) is 28.7 Å². The number of amides is 1. The number of aromatic nitrogens is 1. The number of morpholine rings is 1. The Hall–Kier alpha value is -3.33. The normalized spacial score (nSPS) is 14.5. The zero-order valence-corrected chi connectivity index (χ0v) is 18.4. The van der Waals surface area contributed by atoms with Crippen LogP contribution in [0.5, 0.6) is 0 Å². The first-order valence-corrected chi connectivity index (χ1v) is 10.7. The van der Waals surface area contributed by atoms with Crippen LogP contribution in [0.3, 0.4) is 0 Å². The van der Waals surface area contributed by atoms with Gasteiger partial charge < -0.3 is 19.1 Å². The van der Waals surface area contributed by atoms with Crippen molar-refractivity contribution in [1.82, 2.24) is 4.57 Å². The van der Waals surface area contributed by atoms with Crippen LogP contribution in [0.2, 0.25) is 0 Å². The van der Waals surface area contributed by atoms with Gasteiger partial charge in [0.25, 0.3) is 11.5 Å². The second-order valence-electron chi connectivity index (χ2n) is 7.86. The Morgan fingerprint density at radius 2 is 1.82 bits per heavy atom. The van der Waals surface area contributed by atoms with E-state index in [9.17, 15) is 22.8 Å².